The minimum atomic E-state index is -0.231. The van der Waals surface area contributed by atoms with Gasteiger partial charge in [0.25, 0.3) is 17.4 Å². The molecule has 2 N–H and O–H groups in total. The lowest BCUT2D eigenvalue weighted by Gasteiger charge is -2.41. The number of hydrogen-bond donors (Lipinski definition) is 2. The maximum Gasteiger partial charge on any atom is 0.263 e. The molecule has 1 aromatic heterocycles. The van der Waals surface area contributed by atoms with Gasteiger partial charge in [0.1, 0.15) is 0 Å². The van der Waals surface area contributed by atoms with Gasteiger partial charge in [-0.1, -0.05) is 36.5 Å². The van der Waals surface area contributed by atoms with E-state index in [0.29, 0.717) is 57.0 Å². The second-order valence-electron chi connectivity index (χ2n) is 10.8. The van der Waals surface area contributed by atoms with Gasteiger partial charge in [0.2, 0.25) is 5.95 Å². The summed E-state index contributed by atoms with van der Waals surface area (Å²) >= 11 is 12.2. The molecule has 2 aliphatic rings. The van der Waals surface area contributed by atoms with E-state index in [4.69, 9.17) is 28.2 Å². The van der Waals surface area contributed by atoms with Crippen molar-refractivity contribution in [2.75, 3.05) is 18.9 Å². The molecular formula is C30H33Cl2N5O3. The standard InChI is InChI=1S/C30H33Cl2N5O3/c1-4-30(12-5-13-30)17-34-29-35-25-16-36(27(39)20-8-11-23(31)24(32)15-20)18(2)14-22(25)28(40)37(29)21-9-6-19(7-10-21)26(38)33-3/h6-11,15,18H,4-5,12-14,16-17H2,1-3H3,(H,33,38)(H,34,35)/t18-/m1/s1. The predicted molar refractivity (Wildman–Crippen MR) is 158 cm³/mol. The topological polar surface area (TPSA) is 96.3 Å². The Balaban J connectivity index is 1.54. The van der Waals surface area contributed by atoms with Crippen LogP contribution in [-0.4, -0.2) is 45.9 Å². The highest BCUT2D eigenvalue weighted by Crippen LogP contribution is 2.43. The van der Waals surface area contributed by atoms with Gasteiger partial charge < -0.3 is 15.5 Å². The van der Waals surface area contributed by atoms with Crippen molar-refractivity contribution in [1.29, 1.82) is 0 Å². The van der Waals surface area contributed by atoms with Crippen molar-refractivity contribution in [3.8, 4) is 5.69 Å². The number of nitrogens with zero attached hydrogens (tertiary/aromatic N) is 3. The smallest absolute Gasteiger partial charge is 0.263 e. The van der Waals surface area contributed by atoms with Gasteiger partial charge in [-0.3, -0.25) is 14.4 Å². The van der Waals surface area contributed by atoms with Gasteiger partial charge in [-0.05, 0) is 80.5 Å². The van der Waals surface area contributed by atoms with E-state index >= 15 is 0 Å². The number of carbonyl (C=O) groups is 2. The Morgan fingerprint density at radius 2 is 1.77 bits per heavy atom. The fraction of sp³-hybridized carbons (Fsp3) is 0.400. The highest BCUT2D eigenvalue weighted by Gasteiger charge is 2.36. The summed E-state index contributed by atoms with van der Waals surface area (Å²) in [7, 11) is 1.58. The summed E-state index contributed by atoms with van der Waals surface area (Å²) in [6.07, 6.45) is 4.87. The third-order valence-electron chi connectivity index (χ3n) is 8.44. The molecule has 10 heteroatoms. The minimum Gasteiger partial charge on any atom is -0.355 e. The molecule has 2 aromatic carbocycles. The molecule has 8 nitrogen and oxygen atoms in total. The molecule has 1 aliphatic carbocycles. The molecule has 40 heavy (non-hydrogen) atoms. The van der Waals surface area contributed by atoms with E-state index < -0.39 is 0 Å². The summed E-state index contributed by atoms with van der Waals surface area (Å²) in [4.78, 5) is 46.2. The Bertz CT molecular complexity index is 1510. The first kappa shape index (κ1) is 28.2. The van der Waals surface area contributed by atoms with Crippen molar-refractivity contribution in [3.63, 3.8) is 0 Å². The highest BCUT2D eigenvalue weighted by molar-refractivity contribution is 6.42. The largest absolute Gasteiger partial charge is 0.355 e. The van der Waals surface area contributed by atoms with Crippen molar-refractivity contribution in [3.05, 3.63) is 85.2 Å². The molecule has 2 amide bonds. The molecule has 1 aliphatic heterocycles. The van der Waals surface area contributed by atoms with Crippen LogP contribution in [0.5, 0.6) is 0 Å². The van der Waals surface area contributed by atoms with Crippen LogP contribution in [0.25, 0.3) is 5.69 Å². The summed E-state index contributed by atoms with van der Waals surface area (Å²) in [5.41, 5.74) is 2.74. The van der Waals surface area contributed by atoms with E-state index in [2.05, 4.69) is 17.6 Å². The molecular weight excluding hydrogens is 549 g/mol. The van der Waals surface area contributed by atoms with E-state index in [9.17, 15) is 14.4 Å². The number of aromatic nitrogens is 2. The number of benzene rings is 2. The number of nitrogens with one attached hydrogen (secondary N) is 2. The Morgan fingerprint density at radius 3 is 2.38 bits per heavy atom. The van der Waals surface area contributed by atoms with Crippen LogP contribution < -0.4 is 16.2 Å². The lowest BCUT2D eigenvalue weighted by molar-refractivity contribution is 0.0653. The Morgan fingerprint density at radius 1 is 1.07 bits per heavy atom. The average molecular weight is 583 g/mol. The molecule has 210 valence electrons. The van der Waals surface area contributed by atoms with Crippen LogP contribution in [0.4, 0.5) is 5.95 Å². The van der Waals surface area contributed by atoms with Crippen molar-refractivity contribution in [2.45, 2.75) is 58.5 Å². The fourth-order valence-corrected chi connectivity index (χ4v) is 5.89. The number of anilines is 1. The average Bonchev–Trinajstić information content (AvgIpc) is 2.94. The number of amides is 2. The van der Waals surface area contributed by atoms with Gasteiger partial charge in [0, 0.05) is 36.3 Å². The van der Waals surface area contributed by atoms with Crippen molar-refractivity contribution >= 4 is 41.0 Å². The molecule has 0 spiro atoms. The second kappa shape index (κ2) is 11.3. The van der Waals surface area contributed by atoms with Crippen molar-refractivity contribution < 1.29 is 9.59 Å². The van der Waals surface area contributed by atoms with Gasteiger partial charge >= 0.3 is 0 Å². The number of hydrogen-bond acceptors (Lipinski definition) is 5. The molecule has 0 unspecified atom stereocenters. The number of rotatable bonds is 7. The molecule has 0 saturated heterocycles. The zero-order valence-corrected chi connectivity index (χ0v) is 24.4. The van der Waals surface area contributed by atoms with Crippen LogP contribution in [-0.2, 0) is 13.0 Å². The predicted octanol–water partition coefficient (Wildman–Crippen LogP) is 5.48. The van der Waals surface area contributed by atoms with Gasteiger partial charge in [0.15, 0.2) is 0 Å². The van der Waals surface area contributed by atoms with E-state index in [1.54, 1.807) is 59.0 Å². The lowest BCUT2D eigenvalue weighted by Crippen LogP contribution is -2.46. The third kappa shape index (κ3) is 5.22. The maximum absolute atomic E-state index is 14.0. The Kier molecular flexibility index (Phi) is 7.93. The number of halogens is 2. The van der Waals surface area contributed by atoms with Gasteiger partial charge in [-0.25, -0.2) is 9.55 Å². The molecule has 2 heterocycles. The number of fused-ring (bicyclic) bond motifs is 1. The van der Waals surface area contributed by atoms with Crippen LogP contribution in [0.15, 0.2) is 47.3 Å². The highest BCUT2D eigenvalue weighted by atomic mass is 35.5. The SMILES string of the molecule is CCC1(CNc2nc3c(c(=O)n2-c2ccc(C(=O)NC)cc2)C[C@@H](C)N(C(=O)c2ccc(Cl)c(Cl)c2)C3)CCC1. The zero-order chi connectivity index (χ0) is 28.6. The third-order valence-corrected chi connectivity index (χ3v) is 9.18. The molecule has 5 rings (SSSR count). The van der Waals surface area contributed by atoms with E-state index in [1.165, 1.54) is 6.42 Å². The van der Waals surface area contributed by atoms with Crippen molar-refractivity contribution in [2.24, 2.45) is 5.41 Å². The van der Waals surface area contributed by atoms with E-state index in [-0.39, 0.29) is 35.4 Å². The van der Waals surface area contributed by atoms with Crippen LogP contribution in [0.3, 0.4) is 0 Å². The summed E-state index contributed by atoms with van der Waals surface area (Å²) < 4.78 is 1.59. The first-order valence-electron chi connectivity index (χ1n) is 13.6. The first-order valence-corrected chi connectivity index (χ1v) is 14.4. The summed E-state index contributed by atoms with van der Waals surface area (Å²) in [6, 6.07) is 11.5. The molecule has 0 radical (unpaired) electrons. The normalized spacial score (nSPS) is 17.5. The van der Waals surface area contributed by atoms with Crippen LogP contribution in [0, 0.1) is 5.41 Å². The molecule has 1 fully saturated rings. The van der Waals surface area contributed by atoms with E-state index in [0.717, 1.165) is 19.3 Å². The second-order valence-corrected chi connectivity index (χ2v) is 11.6. The monoisotopic (exact) mass is 581 g/mol. The van der Waals surface area contributed by atoms with Crippen LogP contribution in [0.1, 0.15) is 71.5 Å². The molecule has 0 bridgehead atoms. The molecule has 1 atom stereocenters. The first-order chi connectivity index (χ1) is 19.2. The fourth-order valence-electron chi connectivity index (χ4n) is 5.59. The van der Waals surface area contributed by atoms with Crippen LogP contribution >= 0.6 is 23.2 Å². The minimum absolute atomic E-state index is 0.173. The summed E-state index contributed by atoms with van der Waals surface area (Å²) in [6.45, 7) is 5.02. The summed E-state index contributed by atoms with van der Waals surface area (Å²) in [5, 5.41) is 6.80. The Hall–Kier alpha value is -3.36. The molecule has 1 saturated carbocycles. The quantitative estimate of drug-likeness (QED) is 0.385. The zero-order valence-electron chi connectivity index (χ0n) is 22.9. The lowest BCUT2D eigenvalue weighted by atomic mass is 9.67. The summed E-state index contributed by atoms with van der Waals surface area (Å²) in [5.74, 6) is 0.0466. The van der Waals surface area contributed by atoms with Crippen LogP contribution in [0.2, 0.25) is 10.0 Å². The Labute approximate surface area is 243 Å². The van der Waals surface area contributed by atoms with Gasteiger partial charge in [-0.15, -0.1) is 0 Å². The maximum atomic E-state index is 14.0. The van der Waals surface area contributed by atoms with Gasteiger partial charge in [0.05, 0.1) is 28.0 Å². The van der Waals surface area contributed by atoms with Crippen molar-refractivity contribution in [1.82, 2.24) is 19.8 Å². The molecule has 3 aromatic rings. The van der Waals surface area contributed by atoms with Gasteiger partial charge in [-0.2, -0.15) is 0 Å². The van der Waals surface area contributed by atoms with E-state index in [1.807, 2.05) is 6.92 Å². The number of carbonyl (C=O) groups excluding carboxylic acids is 2.